The number of carboxylic acids is 3. The van der Waals surface area contributed by atoms with E-state index in [-0.39, 0.29) is 125 Å². The molecule has 0 spiro atoms. The standard InChI is InChI=1S/2C30H48O5.C30H48O3/c1-16-14-18(25(33)34)17-10-12-28(5)19(23(17)30(16,7)35)8-9-22-27(4)15-20(31)24(32)26(2,3)21(27)11-13-29(22,28)6;1-26(2)13-17-19-7-8-22-27(3)11-10-23(33)28(4,16-31)21(27)9-12-29(22,5)30(19,6)15-20(32)24(17)18(14-26)25(34)35;1-26(2)16-19-18(20(17-26)25(32)33)10-14-29(6)21(19)8-9-23-28(5)13-12-24(31)27(3,4)22(28)11-15-30(23,29)7/h8,16-18,20-24,31-32,35H,9-15H2,1-7H3,(H,33,34);7,17-18,20-24,31-33H,8-16H2,1-6H3,(H,34,35);8,18-20,22-24,31H,9-17H2,1-7H3,(H,32,33)/t16-,17?,18-,20-,21?,22?,23-,24+,27+,28-,29-,30-;17?,18-,20?,21?,22?,23-,24?,27-,28-,29+,30+;18?,19?,20-,22?,23?,24+,28+,29-,30-/m101/s1. The molecule has 32 atom stereocenters. The van der Waals surface area contributed by atoms with Crippen LogP contribution in [0.3, 0.4) is 0 Å². The number of rotatable bonds is 4. The van der Waals surface area contributed by atoms with Crippen LogP contribution in [0.15, 0.2) is 34.9 Å². The lowest BCUT2D eigenvalue weighted by atomic mass is 9.34. The quantitative estimate of drug-likeness (QED) is 0.118. The lowest BCUT2D eigenvalue weighted by Crippen LogP contribution is -2.67. The highest BCUT2D eigenvalue weighted by atomic mass is 16.4. The summed E-state index contributed by atoms with van der Waals surface area (Å²) in [6.45, 7) is 46.1. The van der Waals surface area contributed by atoms with Gasteiger partial charge in [0.1, 0.15) is 0 Å². The van der Waals surface area contributed by atoms with Gasteiger partial charge in [0.15, 0.2) is 0 Å². The molecule has 0 aromatic rings. The molecule has 12 saturated carbocycles. The topological polar surface area (TPSA) is 254 Å². The van der Waals surface area contributed by atoms with Gasteiger partial charge in [-0.1, -0.05) is 166 Å². The Morgan fingerprint density at radius 1 is 0.417 bits per heavy atom. The average Bonchev–Trinajstić information content (AvgIpc) is 0.688. The van der Waals surface area contributed by atoms with Crippen molar-refractivity contribution in [3.63, 3.8) is 0 Å². The highest BCUT2D eigenvalue weighted by Crippen LogP contribution is 2.79. The van der Waals surface area contributed by atoms with Gasteiger partial charge in [-0.3, -0.25) is 14.4 Å². The fourth-order valence-corrected chi connectivity index (χ4v) is 32.8. The summed E-state index contributed by atoms with van der Waals surface area (Å²) in [4.78, 5) is 36.9. The molecule has 0 heterocycles. The number of aliphatic carboxylic acids is 3. The van der Waals surface area contributed by atoms with Crippen molar-refractivity contribution in [2.45, 2.75) is 329 Å². The summed E-state index contributed by atoms with van der Waals surface area (Å²) in [6, 6.07) is 0. The first kappa shape index (κ1) is 78.5. The molecule has 0 amide bonds. The van der Waals surface area contributed by atoms with Crippen LogP contribution in [0.2, 0.25) is 0 Å². The van der Waals surface area contributed by atoms with E-state index in [1.165, 1.54) is 24.0 Å². The molecule has 0 aromatic carbocycles. The highest BCUT2D eigenvalue weighted by molar-refractivity contribution is 5.72. The molecule has 582 valence electrons. The number of aliphatic hydroxyl groups is 7. The van der Waals surface area contributed by atoms with Gasteiger partial charge in [0.05, 0.1) is 60.5 Å². The fourth-order valence-electron chi connectivity index (χ4n) is 32.8. The Bertz CT molecular complexity index is 3430. The molecule has 0 radical (unpaired) electrons. The molecule has 12 fully saturated rings. The van der Waals surface area contributed by atoms with Crippen LogP contribution in [-0.2, 0) is 14.4 Å². The summed E-state index contributed by atoms with van der Waals surface area (Å²) in [5.74, 6) is -0.0357. The summed E-state index contributed by atoms with van der Waals surface area (Å²) in [5, 5.41) is 108. The van der Waals surface area contributed by atoms with E-state index in [1.54, 1.807) is 5.57 Å². The van der Waals surface area contributed by atoms with E-state index in [0.29, 0.717) is 67.1 Å². The van der Waals surface area contributed by atoms with Crippen LogP contribution < -0.4 is 0 Å². The van der Waals surface area contributed by atoms with Crippen molar-refractivity contribution in [3.05, 3.63) is 34.9 Å². The van der Waals surface area contributed by atoms with Gasteiger partial charge >= 0.3 is 17.9 Å². The maximum absolute atomic E-state index is 12.3. The third-order valence-corrected chi connectivity index (χ3v) is 38.9. The zero-order chi connectivity index (χ0) is 75.9. The number of carbonyl (C=O) groups is 3. The minimum atomic E-state index is -0.915. The first-order valence-corrected chi connectivity index (χ1v) is 41.9. The fraction of sp³-hybridized carbons (Fsp3) is 0.900. The van der Waals surface area contributed by atoms with Crippen LogP contribution in [0, 0.1) is 170 Å². The van der Waals surface area contributed by atoms with Crippen molar-refractivity contribution in [2.75, 3.05) is 6.61 Å². The first-order valence-electron chi connectivity index (χ1n) is 41.9. The van der Waals surface area contributed by atoms with Crippen LogP contribution in [0.4, 0.5) is 0 Å². The van der Waals surface area contributed by atoms with Crippen molar-refractivity contribution < 1.29 is 65.4 Å². The zero-order valence-electron chi connectivity index (χ0n) is 67.7. The lowest BCUT2D eigenvalue weighted by molar-refractivity contribution is -0.233. The van der Waals surface area contributed by atoms with Crippen molar-refractivity contribution in [3.8, 4) is 0 Å². The van der Waals surface area contributed by atoms with Gasteiger partial charge < -0.3 is 51.1 Å². The number of hydrogen-bond acceptors (Lipinski definition) is 10. The smallest absolute Gasteiger partial charge is 0.306 e. The van der Waals surface area contributed by atoms with Gasteiger partial charge in [-0.05, 0) is 297 Å². The number of hydrogen-bond donors (Lipinski definition) is 10. The largest absolute Gasteiger partial charge is 0.481 e. The Labute approximate surface area is 621 Å². The number of carboxylic acid groups (broad SMARTS) is 3. The maximum Gasteiger partial charge on any atom is 0.306 e. The summed E-state index contributed by atoms with van der Waals surface area (Å²) in [7, 11) is 0. The Kier molecular flexibility index (Phi) is 19.0. The van der Waals surface area contributed by atoms with Gasteiger partial charge in [-0.2, -0.15) is 0 Å². The molecule has 15 rings (SSSR count). The Morgan fingerprint density at radius 2 is 0.854 bits per heavy atom. The van der Waals surface area contributed by atoms with Gasteiger partial charge in [0.25, 0.3) is 0 Å². The normalized spacial score (nSPS) is 54.9. The molecule has 0 aromatic heterocycles. The van der Waals surface area contributed by atoms with Gasteiger partial charge in [-0.15, -0.1) is 0 Å². The van der Waals surface area contributed by atoms with Crippen molar-refractivity contribution in [2.24, 2.45) is 170 Å². The van der Waals surface area contributed by atoms with E-state index >= 15 is 0 Å². The SMILES string of the molecule is CC1(C)CC2C3=CCC4[C@@]5(C)CC[C@H](O)C(C)(C)C5CC[C@@]4(C)[C@]3(C)CCC2[C@H](C(=O)O)C1.CC1(C)CC2C3=CCC4[C@@]5(C)CC[C@H](O)[C@@](C)(CO)C5CC[C@@]4(C)[C@]3(C)CC(O)C2[C@@H](C(=O)O)C1.C[C@@H]1C[C@@H](C(=O)O)C2CC[C@]3(C)C(=CCC4[C@@]5(C)C[C@@H](O)[C@H](O)C(C)(C)C5CC[C@]43C)[C@@H]2[C@]1(C)O. The molecule has 10 N–H and O–H groups in total. The molecule has 103 heavy (non-hydrogen) atoms. The summed E-state index contributed by atoms with van der Waals surface area (Å²) in [6.07, 6.45) is 27.5. The summed E-state index contributed by atoms with van der Waals surface area (Å²) in [5.41, 5.74) is 3.00. The second-order valence-corrected chi connectivity index (χ2v) is 44.8. The predicted octanol–water partition coefficient (Wildman–Crippen LogP) is 17.2. The van der Waals surface area contributed by atoms with Crippen LogP contribution >= 0.6 is 0 Å². The zero-order valence-corrected chi connectivity index (χ0v) is 67.7. The van der Waals surface area contributed by atoms with E-state index in [1.807, 2.05) is 13.8 Å². The molecule has 12 unspecified atom stereocenters. The predicted molar refractivity (Wildman–Crippen MR) is 403 cm³/mol. The van der Waals surface area contributed by atoms with Crippen LogP contribution in [-0.4, -0.2) is 112 Å². The molecular weight excluding hydrogens is 1290 g/mol. The second-order valence-electron chi connectivity index (χ2n) is 44.8. The molecule has 13 nitrogen and oxygen atoms in total. The Hall–Kier alpha value is -2.65. The van der Waals surface area contributed by atoms with E-state index in [2.05, 4.69) is 143 Å². The van der Waals surface area contributed by atoms with Crippen LogP contribution in [0.5, 0.6) is 0 Å². The molecule has 15 aliphatic rings. The molecule has 15 aliphatic carbocycles. The van der Waals surface area contributed by atoms with E-state index in [4.69, 9.17) is 0 Å². The Balaban J connectivity index is 0.000000138. The maximum atomic E-state index is 12.3. The number of aliphatic hydroxyl groups excluding tert-OH is 6. The second kappa shape index (κ2) is 24.9. The molecule has 13 heteroatoms. The average molecular weight is 1430 g/mol. The van der Waals surface area contributed by atoms with Crippen molar-refractivity contribution in [1.82, 2.24) is 0 Å². The third-order valence-electron chi connectivity index (χ3n) is 38.9. The number of fused-ring (bicyclic) bond motifs is 21. The molecule has 0 bridgehead atoms. The summed E-state index contributed by atoms with van der Waals surface area (Å²) >= 11 is 0. The van der Waals surface area contributed by atoms with E-state index in [9.17, 15) is 65.4 Å². The van der Waals surface area contributed by atoms with Gasteiger partial charge in [0, 0.05) is 17.3 Å². The van der Waals surface area contributed by atoms with E-state index < -0.39 is 65.2 Å². The van der Waals surface area contributed by atoms with Crippen molar-refractivity contribution >= 4 is 17.9 Å². The lowest BCUT2D eigenvalue weighted by Gasteiger charge is -2.71. The number of allylic oxidation sites excluding steroid dienone is 5. The van der Waals surface area contributed by atoms with Gasteiger partial charge in [0.2, 0.25) is 0 Å². The third kappa shape index (κ3) is 10.9. The minimum Gasteiger partial charge on any atom is -0.481 e. The highest BCUT2D eigenvalue weighted by Gasteiger charge is 2.74. The van der Waals surface area contributed by atoms with Crippen molar-refractivity contribution in [1.29, 1.82) is 0 Å². The monoisotopic (exact) mass is 1430 g/mol. The summed E-state index contributed by atoms with van der Waals surface area (Å²) < 4.78 is 0. The minimum absolute atomic E-state index is 0.000874. The van der Waals surface area contributed by atoms with Crippen LogP contribution in [0.1, 0.15) is 293 Å². The van der Waals surface area contributed by atoms with Crippen LogP contribution in [0.25, 0.3) is 0 Å². The molecule has 0 saturated heterocycles. The van der Waals surface area contributed by atoms with E-state index in [0.717, 1.165) is 116 Å². The van der Waals surface area contributed by atoms with Gasteiger partial charge in [-0.25, -0.2) is 0 Å². The Morgan fingerprint density at radius 3 is 1.39 bits per heavy atom. The first-order chi connectivity index (χ1) is 47.3. The molecular formula is C90H144O13. The molecule has 0 aliphatic heterocycles.